The lowest BCUT2D eigenvalue weighted by atomic mass is 10.1. The Labute approximate surface area is 143 Å². The van der Waals surface area contributed by atoms with E-state index in [1.807, 2.05) is 0 Å². The Bertz CT molecular complexity index is 840. The van der Waals surface area contributed by atoms with Gasteiger partial charge in [-0.2, -0.15) is 0 Å². The Kier molecular flexibility index (Phi) is 5.21. The van der Waals surface area contributed by atoms with Gasteiger partial charge in [-0.15, -0.1) is 0 Å². The van der Waals surface area contributed by atoms with Crippen LogP contribution in [-0.2, 0) is 9.53 Å². The third-order valence-corrected chi connectivity index (χ3v) is 3.78. The van der Waals surface area contributed by atoms with E-state index in [2.05, 4.69) is 5.32 Å². The molecule has 0 aliphatic heterocycles. The third kappa shape index (κ3) is 3.85. The summed E-state index contributed by atoms with van der Waals surface area (Å²) in [6.45, 7) is 6.47. The molecule has 0 bridgehead atoms. The summed E-state index contributed by atoms with van der Waals surface area (Å²) in [6, 6.07) is 5.72. The molecule has 0 spiro atoms. The highest BCUT2D eigenvalue weighted by Gasteiger charge is 2.25. The summed E-state index contributed by atoms with van der Waals surface area (Å²) in [5, 5.41) is 13.4. The Hall–Kier alpha value is -3.16. The molecule has 2 aromatic rings. The van der Waals surface area contributed by atoms with E-state index < -0.39 is 22.9 Å². The Balaban J connectivity index is 2.11. The number of ether oxygens (including phenoxy) is 1. The first-order chi connectivity index (χ1) is 11.7. The summed E-state index contributed by atoms with van der Waals surface area (Å²) in [5.41, 5.74) is 0.718. The number of aryl methyl sites for hydroxylation is 2. The standard InChI is InChI=1S/C17H18N2O6/c1-9-10(2)24-11(3)15(9)17(21)25-12(4)16(20)18-13-7-5-6-8-14(13)19(22)23/h5-8,12H,1-4H3,(H,18,20)/t12-/m1/s1. The highest BCUT2D eigenvalue weighted by molar-refractivity contribution is 5.99. The number of carbonyl (C=O) groups is 2. The lowest BCUT2D eigenvalue weighted by molar-refractivity contribution is -0.383. The largest absolute Gasteiger partial charge is 0.465 e. The number of nitrogens with one attached hydrogen (secondary N) is 1. The number of carbonyl (C=O) groups excluding carboxylic acids is 2. The van der Waals surface area contributed by atoms with Crippen molar-refractivity contribution in [2.45, 2.75) is 33.8 Å². The van der Waals surface area contributed by atoms with Gasteiger partial charge >= 0.3 is 5.97 Å². The second-order valence-corrected chi connectivity index (χ2v) is 5.53. The number of para-hydroxylation sites is 2. The van der Waals surface area contributed by atoms with Crippen LogP contribution in [-0.4, -0.2) is 22.9 Å². The number of rotatable bonds is 5. The van der Waals surface area contributed by atoms with Gasteiger partial charge in [0.15, 0.2) is 6.10 Å². The number of esters is 1. The van der Waals surface area contributed by atoms with Gasteiger partial charge < -0.3 is 14.5 Å². The SMILES string of the molecule is Cc1oc(C)c(C(=O)O[C@H](C)C(=O)Nc2ccccc2[N+](=O)[O-])c1C. The van der Waals surface area contributed by atoms with Crippen molar-refractivity contribution < 1.29 is 23.7 Å². The molecule has 1 heterocycles. The van der Waals surface area contributed by atoms with Crippen LogP contribution in [0.15, 0.2) is 28.7 Å². The lowest BCUT2D eigenvalue weighted by Crippen LogP contribution is -2.30. The molecule has 0 aliphatic rings. The number of anilines is 1. The molecule has 132 valence electrons. The molecule has 1 aromatic carbocycles. The van der Waals surface area contributed by atoms with Crippen LogP contribution in [0.2, 0.25) is 0 Å². The van der Waals surface area contributed by atoms with Crippen molar-refractivity contribution in [1.29, 1.82) is 0 Å². The summed E-state index contributed by atoms with van der Waals surface area (Å²) in [7, 11) is 0. The maximum atomic E-state index is 12.3. The van der Waals surface area contributed by atoms with Crippen LogP contribution in [0, 0.1) is 30.9 Å². The Morgan fingerprint density at radius 1 is 1.20 bits per heavy atom. The van der Waals surface area contributed by atoms with Gasteiger partial charge in [-0.05, 0) is 33.8 Å². The molecule has 0 saturated heterocycles. The molecule has 8 nitrogen and oxygen atoms in total. The number of furan rings is 1. The summed E-state index contributed by atoms with van der Waals surface area (Å²) in [5.74, 6) is -0.344. The number of nitro groups is 1. The molecule has 0 radical (unpaired) electrons. The van der Waals surface area contributed by atoms with Crippen molar-refractivity contribution in [1.82, 2.24) is 0 Å². The monoisotopic (exact) mass is 346 g/mol. The smallest absolute Gasteiger partial charge is 0.342 e. The lowest BCUT2D eigenvalue weighted by Gasteiger charge is -2.13. The highest BCUT2D eigenvalue weighted by atomic mass is 16.6. The zero-order valence-corrected chi connectivity index (χ0v) is 14.3. The average Bonchev–Trinajstić information content (AvgIpc) is 2.80. The first kappa shape index (κ1) is 18.2. The van der Waals surface area contributed by atoms with Crippen LogP contribution in [0.5, 0.6) is 0 Å². The van der Waals surface area contributed by atoms with Crippen molar-refractivity contribution in [2.24, 2.45) is 0 Å². The Morgan fingerprint density at radius 3 is 2.40 bits per heavy atom. The van der Waals surface area contributed by atoms with E-state index in [0.717, 1.165) is 0 Å². The van der Waals surface area contributed by atoms with E-state index in [4.69, 9.17) is 9.15 Å². The van der Waals surface area contributed by atoms with Crippen LogP contribution < -0.4 is 5.32 Å². The highest BCUT2D eigenvalue weighted by Crippen LogP contribution is 2.24. The van der Waals surface area contributed by atoms with Crippen molar-refractivity contribution in [3.63, 3.8) is 0 Å². The van der Waals surface area contributed by atoms with Crippen molar-refractivity contribution in [2.75, 3.05) is 5.32 Å². The van der Waals surface area contributed by atoms with Crippen LogP contribution in [0.1, 0.15) is 34.4 Å². The molecule has 1 N–H and O–H groups in total. The molecule has 0 unspecified atom stereocenters. The maximum absolute atomic E-state index is 12.3. The molecule has 1 aromatic heterocycles. The molecule has 1 amide bonds. The van der Waals surface area contributed by atoms with Crippen LogP contribution in [0.25, 0.3) is 0 Å². The van der Waals surface area contributed by atoms with E-state index in [-0.39, 0.29) is 16.9 Å². The zero-order chi connectivity index (χ0) is 18.7. The summed E-state index contributed by atoms with van der Waals surface area (Å²) >= 11 is 0. The van der Waals surface area contributed by atoms with Gasteiger partial charge in [0.25, 0.3) is 11.6 Å². The molecular weight excluding hydrogens is 328 g/mol. The predicted molar refractivity (Wildman–Crippen MR) is 89.5 cm³/mol. The first-order valence-corrected chi connectivity index (χ1v) is 7.54. The number of hydrogen-bond donors (Lipinski definition) is 1. The molecule has 0 saturated carbocycles. The van der Waals surface area contributed by atoms with Crippen LogP contribution >= 0.6 is 0 Å². The minimum absolute atomic E-state index is 0.0342. The van der Waals surface area contributed by atoms with Crippen LogP contribution in [0.3, 0.4) is 0 Å². The summed E-state index contributed by atoms with van der Waals surface area (Å²) in [6.07, 6.45) is -1.14. The topological polar surface area (TPSA) is 112 Å². The number of benzene rings is 1. The van der Waals surface area contributed by atoms with Gasteiger partial charge in [0.2, 0.25) is 0 Å². The maximum Gasteiger partial charge on any atom is 0.342 e. The average molecular weight is 346 g/mol. The van der Waals surface area contributed by atoms with E-state index in [1.54, 1.807) is 26.8 Å². The molecule has 0 aliphatic carbocycles. The number of nitrogens with zero attached hydrogens (tertiary/aromatic N) is 1. The molecular formula is C17H18N2O6. The molecule has 25 heavy (non-hydrogen) atoms. The molecule has 0 fully saturated rings. The zero-order valence-electron chi connectivity index (χ0n) is 14.3. The molecule has 8 heteroatoms. The number of hydrogen-bond acceptors (Lipinski definition) is 6. The first-order valence-electron chi connectivity index (χ1n) is 7.54. The quantitative estimate of drug-likeness (QED) is 0.505. The van der Waals surface area contributed by atoms with Gasteiger partial charge in [0.05, 0.1) is 4.92 Å². The van der Waals surface area contributed by atoms with Gasteiger partial charge in [-0.25, -0.2) is 4.79 Å². The summed E-state index contributed by atoms with van der Waals surface area (Å²) < 4.78 is 10.5. The van der Waals surface area contributed by atoms with Crippen LogP contribution in [0.4, 0.5) is 11.4 Å². The van der Waals surface area contributed by atoms with Gasteiger partial charge in [-0.3, -0.25) is 14.9 Å². The van der Waals surface area contributed by atoms with Gasteiger partial charge in [0, 0.05) is 11.6 Å². The van der Waals surface area contributed by atoms with E-state index in [0.29, 0.717) is 17.1 Å². The number of nitro benzene ring substituents is 1. The van der Waals surface area contributed by atoms with E-state index in [1.165, 1.54) is 25.1 Å². The molecule has 1 atom stereocenters. The number of amides is 1. The normalized spacial score (nSPS) is 11.7. The fraction of sp³-hybridized carbons (Fsp3) is 0.294. The molecule has 2 rings (SSSR count). The fourth-order valence-electron chi connectivity index (χ4n) is 2.34. The van der Waals surface area contributed by atoms with Crippen molar-refractivity contribution in [3.05, 3.63) is 57.0 Å². The summed E-state index contributed by atoms with van der Waals surface area (Å²) in [4.78, 5) is 34.8. The van der Waals surface area contributed by atoms with Gasteiger partial charge in [-0.1, -0.05) is 12.1 Å². The third-order valence-electron chi connectivity index (χ3n) is 3.78. The second kappa shape index (κ2) is 7.16. The van der Waals surface area contributed by atoms with E-state index >= 15 is 0 Å². The van der Waals surface area contributed by atoms with E-state index in [9.17, 15) is 19.7 Å². The second-order valence-electron chi connectivity index (χ2n) is 5.53. The van der Waals surface area contributed by atoms with Crippen molar-refractivity contribution in [3.8, 4) is 0 Å². The van der Waals surface area contributed by atoms with Gasteiger partial charge in [0.1, 0.15) is 22.8 Å². The Morgan fingerprint density at radius 2 is 1.84 bits per heavy atom. The predicted octanol–water partition coefficient (Wildman–Crippen LogP) is 3.30. The minimum atomic E-state index is -1.14. The fourth-order valence-corrected chi connectivity index (χ4v) is 2.34. The van der Waals surface area contributed by atoms with Crippen molar-refractivity contribution >= 4 is 23.3 Å². The minimum Gasteiger partial charge on any atom is -0.465 e.